The van der Waals surface area contributed by atoms with Gasteiger partial charge in [-0.05, 0) is 103 Å². The molecule has 1 unspecified atom stereocenters. The number of ether oxygens (including phenoxy) is 2. The lowest BCUT2D eigenvalue weighted by molar-refractivity contribution is -0.116. The van der Waals surface area contributed by atoms with Crippen molar-refractivity contribution < 1.29 is 29.3 Å². The number of aliphatic hydroxyl groups is 1. The summed E-state index contributed by atoms with van der Waals surface area (Å²) in [6.45, 7) is 14.8. The van der Waals surface area contributed by atoms with Crippen LogP contribution in [0.25, 0.3) is 0 Å². The van der Waals surface area contributed by atoms with Gasteiger partial charge >= 0.3 is 5.97 Å². The number of carbonyl (C=O) groups is 2. The van der Waals surface area contributed by atoms with Crippen LogP contribution in [-0.2, 0) is 40.1 Å². The average Bonchev–Trinajstić information content (AvgIpc) is 3.09. The number of hydrogen-bond donors (Lipinski definition) is 2. The van der Waals surface area contributed by atoms with E-state index in [9.17, 15) is 24.3 Å². The maximum absolute atomic E-state index is 12.3. The fourth-order valence-electron chi connectivity index (χ4n) is 4.48. The van der Waals surface area contributed by atoms with E-state index in [1.165, 1.54) is 22.7 Å². The Morgan fingerprint density at radius 1 is 0.792 bits per heavy atom. The first-order valence-corrected chi connectivity index (χ1v) is 17.7. The van der Waals surface area contributed by atoms with Gasteiger partial charge in [-0.3, -0.25) is 9.59 Å². The number of carbonyl (C=O) groups excluding carboxylic acids is 2. The first-order chi connectivity index (χ1) is 24.6. The molecule has 0 fully saturated rings. The summed E-state index contributed by atoms with van der Waals surface area (Å²) in [7, 11) is 1.35. The highest BCUT2D eigenvalue weighted by atomic mass is 35.5. The Hall–Kier alpha value is -4.52. The molecule has 0 amide bonds. The van der Waals surface area contributed by atoms with Crippen LogP contribution in [0, 0.1) is 0 Å². The zero-order valence-electron chi connectivity index (χ0n) is 31.8. The molecule has 288 valence electrons. The van der Waals surface area contributed by atoms with Gasteiger partial charge in [-0.25, -0.2) is 14.2 Å². The van der Waals surface area contributed by atoms with Crippen LogP contribution in [0.15, 0.2) is 70.5 Å². The fourth-order valence-corrected chi connectivity index (χ4v) is 4.79. The van der Waals surface area contributed by atoms with E-state index in [4.69, 9.17) is 33.0 Å². The Bertz CT molecular complexity index is 1930. The standard InChI is InChI=1S/C19H25ClN2O3.C12H14O3.C8H11ClN2O2/c1-13(23)5-6-14-7-9-15(10-8-14)12-25-16-11-21-22(19(2,3)4)18(24)17(16)20;1-9(13)3-4-10-5-7-11(8-6-10)12(14)15-2;1-8(2,3)11-7(13)6(9)5(12)4-10-11/h7-11,13,23H,5-6,12H2,1-4H3;5-8H,3-4H2,1-2H3;4,12H,1-3H3. The van der Waals surface area contributed by atoms with Crippen molar-refractivity contribution in [3.05, 3.63) is 114 Å². The molecule has 0 bridgehead atoms. The van der Waals surface area contributed by atoms with Crippen molar-refractivity contribution in [2.45, 2.75) is 105 Å². The van der Waals surface area contributed by atoms with Crippen molar-refractivity contribution in [2.75, 3.05) is 7.11 Å². The molecule has 0 saturated carbocycles. The van der Waals surface area contributed by atoms with Crippen molar-refractivity contribution in [1.29, 1.82) is 0 Å². The number of Topliss-reactive ketones (excluding diaryl/α,β-unsaturated/α-hetero) is 1. The number of esters is 1. The molecule has 0 spiro atoms. The number of aromatic nitrogens is 4. The topological polar surface area (TPSA) is 163 Å². The predicted octanol–water partition coefficient (Wildman–Crippen LogP) is 6.90. The highest BCUT2D eigenvalue weighted by Crippen LogP contribution is 2.22. The van der Waals surface area contributed by atoms with Crippen LogP contribution in [0.4, 0.5) is 0 Å². The lowest BCUT2D eigenvalue weighted by Gasteiger charge is -2.21. The molecular formula is C39H50Cl2N4O8. The molecular weight excluding hydrogens is 723 g/mol. The minimum atomic E-state index is -0.478. The van der Waals surface area contributed by atoms with E-state index in [0.29, 0.717) is 18.6 Å². The summed E-state index contributed by atoms with van der Waals surface area (Å²) in [5.74, 6) is -0.169. The molecule has 2 heterocycles. The van der Waals surface area contributed by atoms with Crippen LogP contribution in [-0.4, -0.2) is 54.7 Å². The minimum Gasteiger partial charge on any atom is -0.505 e. The SMILES string of the molecule is CC(C)(C)n1ncc(O)c(Cl)c1=O.CC(O)CCc1ccc(COc2cnn(C(C)(C)C)c(=O)c2Cl)cc1.COC(=O)c1ccc(CCC(C)=O)cc1. The summed E-state index contributed by atoms with van der Waals surface area (Å²) in [6.07, 6.45) is 5.17. The molecule has 53 heavy (non-hydrogen) atoms. The predicted molar refractivity (Wildman–Crippen MR) is 206 cm³/mol. The van der Waals surface area contributed by atoms with Gasteiger partial charge in [0, 0.05) is 6.42 Å². The van der Waals surface area contributed by atoms with Crippen LogP contribution in [0.5, 0.6) is 11.5 Å². The molecule has 4 rings (SSSR count). The summed E-state index contributed by atoms with van der Waals surface area (Å²) in [6, 6.07) is 15.1. The summed E-state index contributed by atoms with van der Waals surface area (Å²) in [5.41, 5.74) is 2.00. The van der Waals surface area contributed by atoms with Gasteiger partial charge in [0.15, 0.2) is 21.5 Å². The van der Waals surface area contributed by atoms with E-state index in [2.05, 4.69) is 14.9 Å². The second-order valence-corrected chi connectivity index (χ2v) is 15.1. The first-order valence-electron chi connectivity index (χ1n) is 17.0. The molecule has 2 N–H and O–H groups in total. The Balaban J connectivity index is 0.000000297. The molecule has 0 saturated heterocycles. The molecule has 0 aliphatic heterocycles. The van der Waals surface area contributed by atoms with Crippen molar-refractivity contribution in [1.82, 2.24) is 19.6 Å². The van der Waals surface area contributed by atoms with Crippen LogP contribution in [0.3, 0.4) is 0 Å². The molecule has 1 atom stereocenters. The van der Waals surface area contributed by atoms with Crippen molar-refractivity contribution >= 4 is 35.0 Å². The van der Waals surface area contributed by atoms with Crippen molar-refractivity contribution in [3.8, 4) is 11.5 Å². The normalized spacial score (nSPS) is 11.7. The van der Waals surface area contributed by atoms with Gasteiger partial charge in [0.05, 0.1) is 42.2 Å². The molecule has 2 aromatic heterocycles. The van der Waals surface area contributed by atoms with Gasteiger partial charge in [-0.2, -0.15) is 10.2 Å². The van der Waals surface area contributed by atoms with E-state index in [1.54, 1.807) is 26.0 Å². The largest absolute Gasteiger partial charge is 0.505 e. The minimum absolute atomic E-state index is 0.0403. The van der Waals surface area contributed by atoms with Crippen LogP contribution in [0.2, 0.25) is 10.0 Å². The number of rotatable bonds is 10. The lowest BCUT2D eigenvalue weighted by Crippen LogP contribution is -2.36. The average molecular weight is 774 g/mol. The van der Waals surface area contributed by atoms with Gasteiger partial charge in [0.25, 0.3) is 11.1 Å². The fraction of sp³-hybridized carbons (Fsp3) is 0.436. The van der Waals surface area contributed by atoms with E-state index in [-0.39, 0.29) is 45.0 Å². The summed E-state index contributed by atoms with van der Waals surface area (Å²) in [4.78, 5) is 45.6. The molecule has 4 aromatic rings. The van der Waals surface area contributed by atoms with E-state index >= 15 is 0 Å². The van der Waals surface area contributed by atoms with Gasteiger partial charge in [-0.15, -0.1) is 0 Å². The highest BCUT2D eigenvalue weighted by Gasteiger charge is 2.20. The number of ketones is 1. The van der Waals surface area contributed by atoms with Gasteiger partial charge < -0.3 is 24.5 Å². The van der Waals surface area contributed by atoms with Crippen LogP contribution >= 0.6 is 23.2 Å². The maximum atomic E-state index is 12.3. The zero-order chi connectivity index (χ0) is 40.1. The van der Waals surface area contributed by atoms with Gasteiger partial charge in [0.1, 0.15) is 12.4 Å². The summed E-state index contributed by atoms with van der Waals surface area (Å²) in [5, 5.41) is 26.2. The van der Waals surface area contributed by atoms with Crippen molar-refractivity contribution in [3.63, 3.8) is 0 Å². The number of nitrogens with zero attached hydrogens (tertiary/aromatic N) is 4. The van der Waals surface area contributed by atoms with E-state index in [0.717, 1.165) is 42.1 Å². The number of halogens is 2. The Morgan fingerprint density at radius 3 is 1.75 bits per heavy atom. The van der Waals surface area contributed by atoms with E-state index < -0.39 is 16.6 Å². The smallest absolute Gasteiger partial charge is 0.337 e. The number of aliphatic hydroxyl groups excluding tert-OH is 1. The third kappa shape index (κ3) is 14.4. The third-order valence-corrected chi connectivity index (χ3v) is 8.17. The number of methoxy groups -OCH3 is 1. The van der Waals surface area contributed by atoms with Gasteiger partial charge in [0.2, 0.25) is 0 Å². The second kappa shape index (κ2) is 20.1. The Labute approximate surface area is 320 Å². The molecule has 0 aliphatic carbocycles. The third-order valence-electron chi connectivity index (χ3n) is 7.47. The molecule has 12 nitrogen and oxygen atoms in total. The quantitative estimate of drug-likeness (QED) is 0.162. The Morgan fingerprint density at radius 2 is 1.26 bits per heavy atom. The summed E-state index contributed by atoms with van der Waals surface area (Å²) >= 11 is 11.7. The molecule has 0 aliphatic rings. The second-order valence-electron chi connectivity index (χ2n) is 14.3. The van der Waals surface area contributed by atoms with Crippen LogP contribution < -0.4 is 15.9 Å². The number of aromatic hydroxyl groups is 1. The molecule has 0 radical (unpaired) electrons. The highest BCUT2D eigenvalue weighted by molar-refractivity contribution is 6.32. The van der Waals surface area contributed by atoms with E-state index in [1.807, 2.05) is 77.9 Å². The lowest BCUT2D eigenvalue weighted by atomic mass is 10.1. The number of benzene rings is 2. The van der Waals surface area contributed by atoms with Crippen molar-refractivity contribution in [2.24, 2.45) is 0 Å². The maximum Gasteiger partial charge on any atom is 0.337 e. The monoisotopic (exact) mass is 772 g/mol. The number of aryl methyl sites for hydroxylation is 2. The Kier molecular flexibility index (Phi) is 16.9. The molecule has 2 aromatic carbocycles. The van der Waals surface area contributed by atoms with Crippen LogP contribution in [0.1, 0.15) is 95.3 Å². The number of hydrogen-bond acceptors (Lipinski definition) is 10. The summed E-state index contributed by atoms with van der Waals surface area (Å²) < 4.78 is 12.8. The molecule has 14 heteroatoms. The first kappa shape index (κ1) is 44.6. The van der Waals surface area contributed by atoms with Gasteiger partial charge in [-0.1, -0.05) is 59.6 Å². The zero-order valence-corrected chi connectivity index (χ0v) is 33.3.